The Morgan fingerprint density at radius 1 is 1.25 bits per heavy atom. The fourth-order valence-corrected chi connectivity index (χ4v) is 2.18. The molecule has 0 radical (unpaired) electrons. The lowest BCUT2D eigenvalue weighted by Gasteiger charge is -2.10. The van der Waals surface area contributed by atoms with Crippen molar-refractivity contribution in [2.75, 3.05) is 19.0 Å². The number of ether oxygens (including phenoxy) is 1. The van der Waals surface area contributed by atoms with Gasteiger partial charge in [-0.1, -0.05) is 32.0 Å². The van der Waals surface area contributed by atoms with Crippen molar-refractivity contribution in [3.05, 3.63) is 47.9 Å². The van der Waals surface area contributed by atoms with Crippen LogP contribution in [0.15, 0.2) is 36.7 Å². The van der Waals surface area contributed by atoms with E-state index in [4.69, 9.17) is 4.74 Å². The minimum absolute atomic E-state index is 0.241. The highest BCUT2D eigenvalue weighted by Crippen LogP contribution is 2.16. The molecule has 0 saturated carbocycles. The van der Waals surface area contributed by atoms with E-state index in [1.807, 2.05) is 24.3 Å². The molecule has 0 atom stereocenters. The number of carbonyl (C=O) groups excluding carboxylic acids is 1. The molecule has 0 unspecified atom stereocenters. The summed E-state index contributed by atoms with van der Waals surface area (Å²) in [6.45, 7) is 5.52. The van der Waals surface area contributed by atoms with E-state index in [1.54, 1.807) is 13.2 Å². The van der Waals surface area contributed by atoms with Gasteiger partial charge < -0.3 is 15.4 Å². The number of aromatic nitrogens is 2. The number of nitrogens with zero attached hydrogens (tertiary/aromatic N) is 2. The standard InChI is InChI=1S/C18H24N4O2/c1-13(2)8-9-19-17-10-15(21-12-22-17)18(23)20-11-14-6-4-5-7-16(14)24-3/h4-7,10,12-13H,8-9,11H2,1-3H3,(H,20,23)(H,19,21,22). The number of carbonyl (C=O) groups is 1. The third kappa shape index (κ3) is 5.22. The largest absolute Gasteiger partial charge is 0.496 e. The van der Waals surface area contributed by atoms with Crippen molar-refractivity contribution in [3.63, 3.8) is 0 Å². The fourth-order valence-electron chi connectivity index (χ4n) is 2.18. The van der Waals surface area contributed by atoms with Gasteiger partial charge in [-0.3, -0.25) is 4.79 Å². The van der Waals surface area contributed by atoms with Crippen molar-refractivity contribution in [2.45, 2.75) is 26.8 Å². The topological polar surface area (TPSA) is 76.1 Å². The van der Waals surface area contributed by atoms with E-state index >= 15 is 0 Å². The molecule has 1 heterocycles. The van der Waals surface area contributed by atoms with Crippen molar-refractivity contribution in [1.82, 2.24) is 15.3 Å². The van der Waals surface area contributed by atoms with E-state index in [1.165, 1.54) is 6.33 Å². The fraction of sp³-hybridized carbons (Fsp3) is 0.389. The lowest BCUT2D eigenvalue weighted by Crippen LogP contribution is -2.24. The zero-order chi connectivity index (χ0) is 17.4. The van der Waals surface area contributed by atoms with Crippen molar-refractivity contribution in [1.29, 1.82) is 0 Å². The molecule has 0 aliphatic rings. The van der Waals surface area contributed by atoms with Crippen molar-refractivity contribution < 1.29 is 9.53 Å². The zero-order valence-corrected chi connectivity index (χ0v) is 14.4. The molecule has 0 saturated heterocycles. The monoisotopic (exact) mass is 328 g/mol. The number of methoxy groups -OCH3 is 1. The lowest BCUT2D eigenvalue weighted by atomic mass is 10.1. The van der Waals surface area contributed by atoms with Crippen LogP contribution in [0, 0.1) is 5.92 Å². The Morgan fingerprint density at radius 2 is 2.04 bits per heavy atom. The molecule has 2 rings (SSSR count). The molecule has 0 aliphatic heterocycles. The van der Waals surface area contributed by atoms with Crippen LogP contribution in [-0.2, 0) is 6.54 Å². The first-order valence-corrected chi connectivity index (χ1v) is 8.06. The highest BCUT2D eigenvalue weighted by atomic mass is 16.5. The minimum Gasteiger partial charge on any atom is -0.496 e. The van der Waals surface area contributed by atoms with Gasteiger partial charge in [0.25, 0.3) is 5.91 Å². The van der Waals surface area contributed by atoms with Crippen LogP contribution in [0.1, 0.15) is 36.3 Å². The van der Waals surface area contributed by atoms with Gasteiger partial charge in [-0.2, -0.15) is 0 Å². The van der Waals surface area contributed by atoms with Crippen LogP contribution < -0.4 is 15.4 Å². The Kier molecular flexibility index (Phi) is 6.54. The Balaban J connectivity index is 1.94. The average Bonchev–Trinajstić information content (AvgIpc) is 2.60. The summed E-state index contributed by atoms with van der Waals surface area (Å²) in [7, 11) is 1.61. The molecule has 2 aromatic rings. The van der Waals surface area contributed by atoms with Crippen LogP contribution in [0.2, 0.25) is 0 Å². The molecular weight excluding hydrogens is 304 g/mol. The average molecular weight is 328 g/mol. The van der Waals surface area contributed by atoms with Crippen LogP contribution in [0.25, 0.3) is 0 Å². The maximum absolute atomic E-state index is 12.3. The molecule has 128 valence electrons. The molecule has 0 spiro atoms. The van der Waals surface area contributed by atoms with Crippen molar-refractivity contribution in [3.8, 4) is 5.75 Å². The van der Waals surface area contributed by atoms with Gasteiger partial charge in [0.05, 0.1) is 7.11 Å². The summed E-state index contributed by atoms with van der Waals surface area (Å²) in [5, 5.41) is 6.07. The molecule has 1 amide bonds. The van der Waals surface area contributed by atoms with Gasteiger partial charge >= 0.3 is 0 Å². The van der Waals surface area contributed by atoms with Gasteiger partial charge in [0.2, 0.25) is 0 Å². The number of nitrogens with one attached hydrogen (secondary N) is 2. The van der Waals surface area contributed by atoms with Gasteiger partial charge in [0, 0.05) is 24.7 Å². The molecule has 0 bridgehead atoms. The summed E-state index contributed by atoms with van der Waals surface area (Å²) >= 11 is 0. The number of para-hydroxylation sites is 1. The number of anilines is 1. The first kappa shape index (κ1) is 17.7. The highest BCUT2D eigenvalue weighted by Gasteiger charge is 2.10. The van der Waals surface area contributed by atoms with Crippen molar-refractivity contribution in [2.24, 2.45) is 5.92 Å². The van der Waals surface area contributed by atoms with Gasteiger partial charge in [-0.05, 0) is 18.4 Å². The quantitative estimate of drug-likeness (QED) is 0.779. The summed E-state index contributed by atoms with van der Waals surface area (Å²) < 4.78 is 5.28. The molecule has 0 aliphatic carbocycles. The number of amides is 1. The SMILES string of the molecule is COc1ccccc1CNC(=O)c1cc(NCCC(C)C)ncn1. The van der Waals surface area contributed by atoms with Gasteiger partial charge in [-0.15, -0.1) is 0 Å². The van der Waals surface area contributed by atoms with E-state index in [0.29, 0.717) is 24.0 Å². The van der Waals surface area contributed by atoms with E-state index in [9.17, 15) is 4.79 Å². The smallest absolute Gasteiger partial charge is 0.270 e. The maximum Gasteiger partial charge on any atom is 0.270 e. The van der Waals surface area contributed by atoms with E-state index in [2.05, 4.69) is 34.4 Å². The lowest BCUT2D eigenvalue weighted by molar-refractivity contribution is 0.0945. The number of rotatable bonds is 8. The van der Waals surface area contributed by atoms with Crippen molar-refractivity contribution >= 4 is 11.7 Å². The number of hydrogen-bond donors (Lipinski definition) is 2. The normalized spacial score (nSPS) is 10.5. The summed E-state index contributed by atoms with van der Waals surface area (Å²) in [4.78, 5) is 20.5. The highest BCUT2D eigenvalue weighted by molar-refractivity contribution is 5.92. The summed E-state index contributed by atoms with van der Waals surface area (Å²) in [6.07, 6.45) is 2.44. The third-order valence-corrected chi connectivity index (χ3v) is 3.56. The Hall–Kier alpha value is -2.63. The molecule has 1 aromatic carbocycles. The second-order valence-electron chi connectivity index (χ2n) is 5.89. The molecule has 6 heteroatoms. The second kappa shape index (κ2) is 8.86. The Morgan fingerprint density at radius 3 is 2.79 bits per heavy atom. The summed E-state index contributed by atoms with van der Waals surface area (Å²) in [5.41, 5.74) is 1.25. The van der Waals surface area contributed by atoms with E-state index in [0.717, 1.165) is 24.3 Å². The number of benzene rings is 1. The predicted molar refractivity (Wildman–Crippen MR) is 94.1 cm³/mol. The zero-order valence-electron chi connectivity index (χ0n) is 14.4. The summed E-state index contributed by atoms with van der Waals surface area (Å²) in [5.74, 6) is 1.78. The van der Waals surface area contributed by atoms with E-state index in [-0.39, 0.29) is 5.91 Å². The number of hydrogen-bond acceptors (Lipinski definition) is 5. The second-order valence-corrected chi connectivity index (χ2v) is 5.89. The van der Waals surface area contributed by atoms with Crippen LogP contribution in [-0.4, -0.2) is 29.5 Å². The molecule has 24 heavy (non-hydrogen) atoms. The Labute approximate surface area is 142 Å². The van der Waals surface area contributed by atoms with Gasteiger partial charge in [0.15, 0.2) is 0 Å². The van der Waals surface area contributed by atoms with E-state index < -0.39 is 0 Å². The molecule has 0 fully saturated rings. The molecular formula is C18H24N4O2. The van der Waals surface area contributed by atoms with Crippen LogP contribution >= 0.6 is 0 Å². The first-order chi connectivity index (χ1) is 11.6. The van der Waals surface area contributed by atoms with Gasteiger partial charge in [0.1, 0.15) is 23.6 Å². The molecule has 2 N–H and O–H groups in total. The van der Waals surface area contributed by atoms with Gasteiger partial charge in [-0.25, -0.2) is 9.97 Å². The van der Waals surface area contributed by atoms with Crippen LogP contribution in [0.3, 0.4) is 0 Å². The third-order valence-electron chi connectivity index (χ3n) is 3.56. The summed E-state index contributed by atoms with van der Waals surface area (Å²) in [6, 6.07) is 9.24. The maximum atomic E-state index is 12.3. The Bertz CT molecular complexity index is 674. The first-order valence-electron chi connectivity index (χ1n) is 8.06. The van der Waals surface area contributed by atoms with Crippen LogP contribution in [0.4, 0.5) is 5.82 Å². The molecule has 6 nitrogen and oxygen atoms in total. The predicted octanol–water partition coefficient (Wildman–Crippen LogP) is 2.87. The minimum atomic E-state index is -0.241. The molecule has 1 aromatic heterocycles. The van der Waals surface area contributed by atoms with Crippen LogP contribution in [0.5, 0.6) is 5.75 Å².